The van der Waals surface area contributed by atoms with E-state index in [1.165, 1.54) is 11.3 Å². The Bertz CT molecular complexity index is 992. The van der Waals surface area contributed by atoms with Gasteiger partial charge in [-0.2, -0.15) is 5.26 Å². The number of nitrogens with one attached hydrogen (secondary N) is 1. The summed E-state index contributed by atoms with van der Waals surface area (Å²) >= 11 is 13.7. The van der Waals surface area contributed by atoms with Gasteiger partial charge in [-0.25, -0.2) is 0 Å². The van der Waals surface area contributed by atoms with Gasteiger partial charge in [-0.05, 0) is 48.9 Å². The number of carbonyl (C=O) groups excluding carboxylic acids is 1. The molecule has 2 heterocycles. The topological polar surface area (TPSA) is 59.4 Å². The number of carbonyl (C=O) groups is 1. The van der Waals surface area contributed by atoms with E-state index in [1.54, 1.807) is 11.3 Å². The number of hydrogen-bond acceptors (Lipinski definition) is 5. The Hall–Kier alpha value is -1.62. The Balaban J connectivity index is 1.29. The molecule has 4 rings (SSSR count). The van der Waals surface area contributed by atoms with Gasteiger partial charge in [0.15, 0.2) is 0 Å². The van der Waals surface area contributed by atoms with Crippen LogP contribution in [0.25, 0.3) is 0 Å². The zero-order chi connectivity index (χ0) is 21.8. The van der Waals surface area contributed by atoms with E-state index in [9.17, 15) is 10.1 Å². The lowest BCUT2D eigenvalue weighted by molar-refractivity contribution is -0.117. The van der Waals surface area contributed by atoms with E-state index in [1.807, 2.05) is 18.2 Å². The number of rotatable bonds is 5. The van der Waals surface area contributed by atoms with E-state index in [2.05, 4.69) is 21.2 Å². The number of hydrogen-bond donors (Lipinski definition) is 1. The molecule has 0 atom stereocenters. The Morgan fingerprint density at radius 3 is 2.55 bits per heavy atom. The minimum absolute atomic E-state index is 0.0363. The third kappa shape index (κ3) is 5.60. The van der Waals surface area contributed by atoms with Crippen molar-refractivity contribution in [2.75, 3.05) is 38.0 Å². The molecule has 31 heavy (non-hydrogen) atoms. The van der Waals surface area contributed by atoms with Crippen LogP contribution in [0, 0.1) is 11.3 Å². The smallest absolute Gasteiger partial charge is 0.239 e. The average Bonchev–Trinajstić information content (AvgIpc) is 2.91. The molecule has 1 fully saturated rings. The summed E-state index contributed by atoms with van der Waals surface area (Å²) < 4.78 is 0. The van der Waals surface area contributed by atoms with Gasteiger partial charge in [0.25, 0.3) is 0 Å². The molecule has 1 saturated heterocycles. The molecule has 2 aromatic rings. The summed E-state index contributed by atoms with van der Waals surface area (Å²) in [5.74, 6) is -0.0363. The second-order valence-corrected chi connectivity index (χ2v) is 10.1. The number of nitriles is 1. The van der Waals surface area contributed by atoms with Crippen molar-refractivity contribution in [3.05, 3.63) is 49.8 Å². The number of piperazine rings is 1. The van der Waals surface area contributed by atoms with Crippen molar-refractivity contribution < 1.29 is 4.79 Å². The number of amides is 1. The Morgan fingerprint density at radius 2 is 1.81 bits per heavy atom. The second-order valence-electron chi connectivity index (χ2n) is 8.23. The largest absolute Gasteiger partial charge is 0.315 e. The first kappa shape index (κ1) is 22.6. The molecule has 1 amide bonds. The van der Waals surface area contributed by atoms with Crippen LogP contribution in [0.4, 0.5) is 5.00 Å². The van der Waals surface area contributed by atoms with Crippen LogP contribution in [0.2, 0.25) is 10.0 Å². The molecule has 1 aliphatic carbocycles. The lowest BCUT2D eigenvalue weighted by atomic mass is 10.1. The first-order chi connectivity index (χ1) is 15.0. The fraction of sp³-hybridized carbons (Fsp3) is 0.478. The molecular formula is C23H26Cl2N4OS. The van der Waals surface area contributed by atoms with Crippen molar-refractivity contribution in [2.45, 2.75) is 38.6 Å². The molecule has 1 aromatic heterocycles. The summed E-state index contributed by atoms with van der Waals surface area (Å²) in [4.78, 5) is 18.5. The number of aryl methyl sites for hydroxylation is 1. The maximum atomic E-state index is 12.7. The first-order valence-corrected chi connectivity index (χ1v) is 12.3. The van der Waals surface area contributed by atoms with Crippen LogP contribution < -0.4 is 5.32 Å². The highest BCUT2D eigenvalue weighted by molar-refractivity contribution is 7.16. The number of anilines is 1. The quantitative estimate of drug-likeness (QED) is 0.619. The lowest BCUT2D eigenvalue weighted by Crippen LogP contribution is -2.48. The van der Waals surface area contributed by atoms with Gasteiger partial charge in [0, 0.05) is 37.6 Å². The van der Waals surface area contributed by atoms with Crippen molar-refractivity contribution >= 4 is 45.4 Å². The molecule has 0 radical (unpaired) electrons. The summed E-state index contributed by atoms with van der Waals surface area (Å²) in [6.45, 7) is 4.63. The van der Waals surface area contributed by atoms with Gasteiger partial charge >= 0.3 is 0 Å². The predicted octanol–water partition coefficient (Wildman–Crippen LogP) is 4.95. The van der Waals surface area contributed by atoms with E-state index in [-0.39, 0.29) is 5.91 Å². The maximum absolute atomic E-state index is 12.7. The normalized spacial score (nSPS) is 17.6. The van der Waals surface area contributed by atoms with Gasteiger partial charge in [0.1, 0.15) is 11.1 Å². The SMILES string of the molecule is N#Cc1c(NC(=O)CN2CCN(Cc3ccc(Cl)c(Cl)c3)CC2)sc2c1CCCCC2. The van der Waals surface area contributed by atoms with Crippen LogP contribution in [0.1, 0.15) is 40.8 Å². The highest BCUT2D eigenvalue weighted by Crippen LogP contribution is 2.37. The van der Waals surface area contributed by atoms with Crippen LogP contribution in [-0.2, 0) is 24.2 Å². The molecule has 0 unspecified atom stereocenters. The van der Waals surface area contributed by atoms with Crippen LogP contribution in [0.5, 0.6) is 0 Å². The predicted molar refractivity (Wildman–Crippen MR) is 127 cm³/mol. The zero-order valence-electron chi connectivity index (χ0n) is 17.4. The molecule has 1 aliphatic heterocycles. The average molecular weight is 477 g/mol. The molecule has 8 heteroatoms. The standard InChI is InChI=1S/C23H26Cl2N4OS/c24-19-7-6-16(12-20(19)25)14-28-8-10-29(11-9-28)15-22(30)27-23-18(13-26)17-4-2-1-3-5-21(17)31-23/h6-7,12H,1-5,8-11,14-15H2,(H,27,30). The lowest BCUT2D eigenvalue weighted by Gasteiger charge is -2.34. The van der Waals surface area contributed by atoms with Gasteiger partial charge in [0.2, 0.25) is 5.91 Å². The van der Waals surface area contributed by atoms with Gasteiger partial charge < -0.3 is 5.32 Å². The van der Waals surface area contributed by atoms with E-state index in [4.69, 9.17) is 23.2 Å². The number of halogens is 2. The van der Waals surface area contributed by atoms with E-state index in [0.29, 0.717) is 22.2 Å². The van der Waals surface area contributed by atoms with E-state index < -0.39 is 0 Å². The van der Waals surface area contributed by atoms with E-state index >= 15 is 0 Å². The van der Waals surface area contributed by atoms with Gasteiger partial charge in [-0.15, -0.1) is 11.3 Å². The Morgan fingerprint density at radius 1 is 1.06 bits per heavy atom. The molecule has 0 bridgehead atoms. The third-order valence-electron chi connectivity index (χ3n) is 6.01. The second kappa shape index (κ2) is 10.3. The third-order valence-corrected chi connectivity index (χ3v) is 7.95. The van der Waals surface area contributed by atoms with Crippen LogP contribution in [0.3, 0.4) is 0 Å². The van der Waals surface area contributed by atoms with Gasteiger partial charge in [0.05, 0.1) is 22.2 Å². The highest BCUT2D eigenvalue weighted by atomic mass is 35.5. The maximum Gasteiger partial charge on any atom is 0.239 e. The zero-order valence-corrected chi connectivity index (χ0v) is 19.8. The fourth-order valence-corrected chi connectivity index (χ4v) is 5.90. The van der Waals surface area contributed by atoms with Crippen molar-refractivity contribution in [2.24, 2.45) is 0 Å². The number of thiophene rings is 1. The van der Waals surface area contributed by atoms with Crippen LogP contribution >= 0.6 is 34.5 Å². The molecule has 0 spiro atoms. The number of benzene rings is 1. The molecule has 0 saturated carbocycles. The van der Waals surface area contributed by atoms with Crippen molar-refractivity contribution in [1.82, 2.24) is 9.80 Å². The number of nitrogens with zero attached hydrogens (tertiary/aromatic N) is 3. The van der Waals surface area contributed by atoms with Crippen molar-refractivity contribution in [1.29, 1.82) is 5.26 Å². The summed E-state index contributed by atoms with van der Waals surface area (Å²) in [5, 5.41) is 14.6. The van der Waals surface area contributed by atoms with Crippen LogP contribution in [-0.4, -0.2) is 48.4 Å². The Kier molecular flexibility index (Phi) is 7.52. The molecule has 164 valence electrons. The Labute approximate surface area is 197 Å². The monoisotopic (exact) mass is 476 g/mol. The van der Waals surface area contributed by atoms with E-state index in [0.717, 1.165) is 74.5 Å². The van der Waals surface area contributed by atoms with Gasteiger partial charge in [-0.1, -0.05) is 35.7 Å². The first-order valence-electron chi connectivity index (χ1n) is 10.8. The number of fused-ring (bicyclic) bond motifs is 1. The molecule has 1 N–H and O–H groups in total. The van der Waals surface area contributed by atoms with Crippen molar-refractivity contribution in [3.8, 4) is 6.07 Å². The van der Waals surface area contributed by atoms with Crippen molar-refractivity contribution in [3.63, 3.8) is 0 Å². The fourth-order valence-electron chi connectivity index (χ4n) is 4.32. The van der Waals surface area contributed by atoms with Gasteiger partial charge in [-0.3, -0.25) is 14.6 Å². The molecular weight excluding hydrogens is 451 g/mol. The van der Waals surface area contributed by atoms with Crippen LogP contribution in [0.15, 0.2) is 18.2 Å². The summed E-state index contributed by atoms with van der Waals surface area (Å²) in [6.07, 6.45) is 5.47. The molecule has 5 nitrogen and oxygen atoms in total. The highest BCUT2D eigenvalue weighted by Gasteiger charge is 2.23. The minimum atomic E-state index is -0.0363. The molecule has 1 aromatic carbocycles. The molecule has 2 aliphatic rings. The summed E-state index contributed by atoms with van der Waals surface area (Å²) in [5.41, 5.74) is 2.99. The summed E-state index contributed by atoms with van der Waals surface area (Å²) in [7, 11) is 0. The summed E-state index contributed by atoms with van der Waals surface area (Å²) in [6, 6.07) is 8.09. The minimum Gasteiger partial charge on any atom is -0.315 e.